The van der Waals surface area contributed by atoms with E-state index >= 15 is 0 Å². The van der Waals surface area contributed by atoms with E-state index in [0.29, 0.717) is 49.3 Å². The summed E-state index contributed by atoms with van der Waals surface area (Å²) >= 11 is 2.25. The van der Waals surface area contributed by atoms with Crippen LogP contribution in [0.2, 0.25) is 0 Å². The van der Waals surface area contributed by atoms with Crippen LogP contribution in [0, 0.1) is 18.3 Å². The van der Waals surface area contributed by atoms with E-state index < -0.39 is 11.8 Å². The summed E-state index contributed by atoms with van der Waals surface area (Å²) in [7, 11) is 2.98. The lowest BCUT2D eigenvalue weighted by atomic mass is 10.1. The maximum absolute atomic E-state index is 13.7. The zero-order valence-corrected chi connectivity index (χ0v) is 29.9. The highest BCUT2D eigenvalue weighted by molar-refractivity contribution is 8.00. The Morgan fingerprint density at radius 1 is 0.808 bits per heavy atom. The highest BCUT2D eigenvalue weighted by Crippen LogP contribution is 2.34. The molecular formula is C39H33N5O6S2. The van der Waals surface area contributed by atoms with Crippen LogP contribution in [0.5, 0.6) is 11.5 Å². The van der Waals surface area contributed by atoms with Crippen molar-refractivity contribution in [3.8, 4) is 17.6 Å². The smallest absolute Gasteiger partial charge is 0.272 e. The molecule has 0 atom stereocenters. The average molecular weight is 732 g/mol. The number of nitriles is 1. The van der Waals surface area contributed by atoms with Gasteiger partial charge in [0, 0.05) is 27.4 Å². The van der Waals surface area contributed by atoms with E-state index in [-0.39, 0.29) is 33.8 Å². The van der Waals surface area contributed by atoms with Crippen LogP contribution >= 0.6 is 23.1 Å². The third-order valence-corrected chi connectivity index (χ3v) is 9.67. The van der Waals surface area contributed by atoms with E-state index in [1.54, 1.807) is 104 Å². The monoisotopic (exact) mass is 731 g/mol. The fraction of sp³-hybridized carbons (Fsp3) is 0.103. The minimum Gasteiger partial charge on any atom is -0.493 e. The van der Waals surface area contributed by atoms with Gasteiger partial charge in [-0.05, 0) is 67.1 Å². The first-order chi connectivity index (χ1) is 25.2. The number of thiophene rings is 1. The molecule has 1 heterocycles. The van der Waals surface area contributed by atoms with Crippen molar-refractivity contribution in [2.45, 2.75) is 11.8 Å². The summed E-state index contributed by atoms with van der Waals surface area (Å²) in [6, 6.07) is 31.6. The van der Waals surface area contributed by atoms with Crippen LogP contribution < -0.4 is 30.7 Å². The largest absolute Gasteiger partial charge is 0.493 e. The minimum atomic E-state index is -0.599. The Bertz CT molecular complexity index is 2180. The van der Waals surface area contributed by atoms with Gasteiger partial charge in [-0.2, -0.15) is 5.26 Å². The first kappa shape index (κ1) is 36.9. The van der Waals surface area contributed by atoms with Crippen molar-refractivity contribution in [3.63, 3.8) is 0 Å². The normalized spacial score (nSPS) is 10.8. The Kier molecular flexibility index (Phi) is 12.4. The second-order valence-corrected chi connectivity index (χ2v) is 13.0. The number of carbonyl (C=O) groups excluding carboxylic acids is 4. The van der Waals surface area contributed by atoms with Gasteiger partial charge in [-0.1, -0.05) is 54.6 Å². The zero-order valence-electron chi connectivity index (χ0n) is 28.3. The van der Waals surface area contributed by atoms with Crippen LogP contribution in [0.25, 0.3) is 6.08 Å². The molecule has 4 amide bonds. The van der Waals surface area contributed by atoms with Crippen LogP contribution in [0.4, 0.5) is 16.4 Å². The van der Waals surface area contributed by atoms with E-state index in [4.69, 9.17) is 9.47 Å². The number of benzene rings is 4. The maximum atomic E-state index is 13.7. The molecule has 5 rings (SSSR count). The highest BCUT2D eigenvalue weighted by atomic mass is 32.2. The molecule has 0 radical (unpaired) electrons. The van der Waals surface area contributed by atoms with Crippen LogP contribution in [0.3, 0.4) is 0 Å². The molecule has 4 N–H and O–H groups in total. The van der Waals surface area contributed by atoms with Gasteiger partial charge in [0.05, 0.1) is 30.4 Å². The van der Waals surface area contributed by atoms with Crippen molar-refractivity contribution in [3.05, 3.63) is 136 Å². The van der Waals surface area contributed by atoms with E-state index in [1.807, 2.05) is 6.07 Å². The molecule has 11 nitrogen and oxygen atoms in total. The molecule has 0 fully saturated rings. The van der Waals surface area contributed by atoms with E-state index in [0.717, 1.165) is 11.3 Å². The lowest BCUT2D eigenvalue weighted by Gasteiger charge is -2.14. The molecule has 0 aliphatic heterocycles. The van der Waals surface area contributed by atoms with E-state index in [2.05, 4.69) is 27.3 Å². The van der Waals surface area contributed by atoms with Gasteiger partial charge >= 0.3 is 0 Å². The van der Waals surface area contributed by atoms with Gasteiger partial charge in [0.1, 0.15) is 16.8 Å². The Balaban J connectivity index is 1.28. The van der Waals surface area contributed by atoms with Gasteiger partial charge in [-0.25, -0.2) is 0 Å². The third-order valence-electron chi connectivity index (χ3n) is 7.47. The number of para-hydroxylation sites is 2. The van der Waals surface area contributed by atoms with Crippen molar-refractivity contribution < 1.29 is 28.7 Å². The first-order valence-electron chi connectivity index (χ1n) is 15.7. The highest BCUT2D eigenvalue weighted by Gasteiger charge is 2.22. The molecule has 0 unspecified atom stereocenters. The lowest BCUT2D eigenvalue weighted by Crippen LogP contribution is -2.30. The number of carbonyl (C=O) groups is 4. The van der Waals surface area contributed by atoms with Crippen molar-refractivity contribution >= 4 is 69.2 Å². The standard InChI is InChI=1S/C39H33N5O6S2/c1-24-30(22-40)39(52-35(24)38(48)41-27-15-8-5-9-16-27)44-33(45)23-51-29-18-11-17-28(21-29)42-37(47)31(43-36(46)25-12-6-4-7-13-25)20-26-14-10-19-32(49-2)34(26)50-3/h4-21H,23H2,1-3H3,(H,41,48)(H,42,47)(H,43,46)(H,44,45)/b31-20+. The fourth-order valence-electron chi connectivity index (χ4n) is 4.96. The molecule has 1 aromatic heterocycles. The summed E-state index contributed by atoms with van der Waals surface area (Å²) in [6.45, 7) is 1.67. The van der Waals surface area contributed by atoms with E-state index in [9.17, 15) is 24.4 Å². The van der Waals surface area contributed by atoms with Gasteiger partial charge in [-0.15, -0.1) is 23.1 Å². The van der Waals surface area contributed by atoms with Crippen LogP contribution in [-0.2, 0) is 9.59 Å². The summed E-state index contributed by atoms with van der Waals surface area (Å²) in [6.07, 6.45) is 1.50. The molecule has 5 aromatic rings. The number of anilines is 3. The predicted molar refractivity (Wildman–Crippen MR) is 204 cm³/mol. The van der Waals surface area contributed by atoms with Gasteiger partial charge in [0.25, 0.3) is 17.7 Å². The first-order valence-corrected chi connectivity index (χ1v) is 17.5. The topological polar surface area (TPSA) is 159 Å². The van der Waals surface area contributed by atoms with Gasteiger partial charge in [0.15, 0.2) is 11.5 Å². The Labute approximate surface area is 308 Å². The number of rotatable bonds is 13. The lowest BCUT2D eigenvalue weighted by molar-refractivity contribution is -0.114. The predicted octanol–water partition coefficient (Wildman–Crippen LogP) is 7.34. The molecule has 0 saturated heterocycles. The Morgan fingerprint density at radius 3 is 2.19 bits per heavy atom. The number of hydrogen-bond acceptors (Lipinski definition) is 9. The van der Waals surface area contributed by atoms with Gasteiger partial charge in [0.2, 0.25) is 5.91 Å². The third kappa shape index (κ3) is 9.25. The second kappa shape index (κ2) is 17.5. The number of methoxy groups -OCH3 is 2. The summed E-state index contributed by atoms with van der Waals surface area (Å²) in [4.78, 5) is 53.7. The quantitative estimate of drug-likeness (QED) is 0.0724. The maximum Gasteiger partial charge on any atom is 0.272 e. The SMILES string of the molecule is COc1cccc(/C=C(/NC(=O)c2ccccc2)C(=O)Nc2cccc(SCC(=O)Nc3sc(C(=O)Nc4ccccc4)c(C)c3C#N)c2)c1OC. The van der Waals surface area contributed by atoms with Crippen molar-refractivity contribution in [2.75, 3.05) is 35.9 Å². The Morgan fingerprint density at radius 2 is 1.50 bits per heavy atom. The summed E-state index contributed by atoms with van der Waals surface area (Å²) < 4.78 is 10.9. The molecule has 0 spiro atoms. The Hall–Kier alpha value is -6.36. The van der Waals surface area contributed by atoms with Gasteiger partial charge in [-0.3, -0.25) is 19.2 Å². The molecule has 52 heavy (non-hydrogen) atoms. The van der Waals surface area contributed by atoms with Crippen molar-refractivity contribution in [2.24, 2.45) is 0 Å². The molecule has 0 aliphatic rings. The molecule has 0 aliphatic carbocycles. The van der Waals surface area contributed by atoms with Crippen LogP contribution in [-0.4, -0.2) is 43.6 Å². The second-order valence-electron chi connectivity index (χ2n) is 11.0. The number of amides is 4. The zero-order chi connectivity index (χ0) is 37.0. The minimum absolute atomic E-state index is 0.0152. The summed E-state index contributed by atoms with van der Waals surface area (Å²) in [5.41, 5.74) is 2.55. The van der Waals surface area contributed by atoms with Crippen LogP contribution in [0.1, 0.15) is 36.7 Å². The average Bonchev–Trinajstić information content (AvgIpc) is 3.48. The molecule has 4 aromatic carbocycles. The number of nitrogens with one attached hydrogen (secondary N) is 4. The fourth-order valence-corrected chi connectivity index (χ4v) is 6.78. The number of hydrogen-bond donors (Lipinski definition) is 4. The number of thioether (sulfide) groups is 1. The van der Waals surface area contributed by atoms with E-state index in [1.165, 1.54) is 32.1 Å². The molecule has 0 saturated carbocycles. The molecule has 0 bridgehead atoms. The van der Waals surface area contributed by atoms with Crippen molar-refractivity contribution in [1.29, 1.82) is 5.26 Å². The summed E-state index contributed by atoms with van der Waals surface area (Å²) in [5, 5.41) is 21.2. The van der Waals surface area contributed by atoms with Crippen LogP contribution in [0.15, 0.2) is 114 Å². The molecule has 262 valence electrons. The molecule has 13 heteroatoms. The molecular weight excluding hydrogens is 699 g/mol. The number of ether oxygens (including phenoxy) is 2. The summed E-state index contributed by atoms with van der Waals surface area (Å²) in [5.74, 6) is -1.02. The van der Waals surface area contributed by atoms with Crippen molar-refractivity contribution in [1.82, 2.24) is 5.32 Å². The number of nitrogens with zero attached hydrogens (tertiary/aromatic N) is 1. The van der Waals surface area contributed by atoms with Gasteiger partial charge < -0.3 is 30.7 Å².